The van der Waals surface area contributed by atoms with Crippen molar-refractivity contribution in [3.63, 3.8) is 0 Å². The fraction of sp³-hybridized carbons (Fsp3) is 0.467. The van der Waals surface area contributed by atoms with Gasteiger partial charge in [0.15, 0.2) is 11.5 Å². The number of likely N-dealkylation sites (N-methyl/N-ethyl adjacent to an activating group) is 2. The monoisotopic (exact) mass is 572 g/mol. The van der Waals surface area contributed by atoms with Gasteiger partial charge in [-0.2, -0.15) is 0 Å². The van der Waals surface area contributed by atoms with Gasteiger partial charge >= 0.3 is 12.3 Å². The molecule has 5 atom stereocenters. The number of nitrogens with zero attached hydrogens (tertiary/aromatic N) is 2. The van der Waals surface area contributed by atoms with Gasteiger partial charge in [-0.15, -0.1) is 13.2 Å². The van der Waals surface area contributed by atoms with E-state index >= 15 is 0 Å². The minimum absolute atomic E-state index is 0.131. The Hall–Kier alpha value is -3.57. The first kappa shape index (κ1) is 27.6. The van der Waals surface area contributed by atoms with Crippen LogP contribution in [0.4, 0.5) is 13.2 Å². The summed E-state index contributed by atoms with van der Waals surface area (Å²) in [6.07, 6.45) is -0.507. The number of aliphatic hydroxyl groups is 1. The molecule has 0 radical (unpaired) electrons. The van der Waals surface area contributed by atoms with E-state index < -0.39 is 35.5 Å². The maximum Gasteiger partial charge on any atom is 0.573 e. The number of piperidine rings is 1. The Balaban J connectivity index is 1.33. The molecule has 2 aromatic carbocycles. The van der Waals surface area contributed by atoms with Gasteiger partial charge in [0.25, 0.3) is 0 Å². The smallest absolute Gasteiger partial charge is 0.483 e. The Bertz CT molecular complexity index is 1440. The number of halogens is 3. The highest BCUT2D eigenvalue weighted by molar-refractivity contribution is 5.92. The first-order valence-electron chi connectivity index (χ1n) is 13.6. The van der Waals surface area contributed by atoms with Gasteiger partial charge in [0.2, 0.25) is 5.91 Å². The molecule has 41 heavy (non-hydrogen) atoms. The molecule has 2 bridgehead atoms. The maximum atomic E-state index is 13.4. The third-order valence-electron chi connectivity index (χ3n) is 9.29. The minimum Gasteiger partial charge on any atom is -0.483 e. The lowest BCUT2D eigenvalue weighted by Gasteiger charge is -2.64. The largest absolute Gasteiger partial charge is 0.573 e. The van der Waals surface area contributed by atoms with Crippen molar-refractivity contribution in [3.05, 3.63) is 59.2 Å². The van der Waals surface area contributed by atoms with E-state index in [-0.39, 0.29) is 17.7 Å². The van der Waals surface area contributed by atoms with Gasteiger partial charge in [-0.1, -0.05) is 18.2 Å². The number of hydrogen-bond donors (Lipinski definition) is 1. The van der Waals surface area contributed by atoms with Gasteiger partial charge in [0, 0.05) is 31.7 Å². The van der Waals surface area contributed by atoms with Crippen LogP contribution in [0, 0.1) is 0 Å². The van der Waals surface area contributed by atoms with Crippen LogP contribution in [0.15, 0.2) is 42.5 Å². The number of likely N-dealkylation sites (tertiary alicyclic amines) is 1. The fourth-order valence-corrected chi connectivity index (χ4v) is 7.61. The predicted molar refractivity (Wildman–Crippen MR) is 141 cm³/mol. The van der Waals surface area contributed by atoms with Gasteiger partial charge in [-0.3, -0.25) is 9.59 Å². The predicted octanol–water partition coefficient (Wildman–Crippen LogP) is 3.83. The third kappa shape index (κ3) is 4.28. The molecular weight excluding hydrogens is 541 g/mol. The van der Waals surface area contributed by atoms with E-state index in [0.29, 0.717) is 42.7 Å². The molecule has 2 heterocycles. The van der Waals surface area contributed by atoms with Crippen molar-refractivity contribution >= 4 is 18.0 Å². The maximum absolute atomic E-state index is 13.4. The second-order valence-corrected chi connectivity index (χ2v) is 11.4. The van der Waals surface area contributed by atoms with E-state index in [4.69, 9.17) is 9.47 Å². The lowest BCUT2D eigenvalue weighted by Crippen LogP contribution is -2.77. The molecule has 2 aromatic rings. The number of esters is 1. The van der Waals surface area contributed by atoms with Crippen molar-refractivity contribution in [2.24, 2.45) is 0 Å². The van der Waals surface area contributed by atoms with E-state index in [2.05, 4.69) is 9.64 Å². The number of carbonyl (C=O) groups is 2. The molecule has 2 fully saturated rings. The SMILES string of the molecule is CC(=O)Oc1ccc2c3c1O[C@H]1[C@H](N(C)C(=O)C=Cc4cccc(OC(F)(F)F)c4)CC[C@@]4(O)[C@@H](C2)N(C)CC[C@]314. The van der Waals surface area contributed by atoms with Crippen LogP contribution in [0.2, 0.25) is 0 Å². The first-order valence-corrected chi connectivity index (χ1v) is 13.6. The zero-order valence-corrected chi connectivity index (χ0v) is 22.9. The van der Waals surface area contributed by atoms with Gasteiger partial charge < -0.3 is 29.1 Å². The summed E-state index contributed by atoms with van der Waals surface area (Å²) in [7, 11) is 3.68. The lowest BCUT2D eigenvalue weighted by molar-refractivity contribution is -0.274. The normalized spacial score (nSPS) is 30.0. The number of carbonyl (C=O) groups excluding carboxylic acids is 2. The van der Waals surface area contributed by atoms with E-state index in [1.165, 1.54) is 37.3 Å². The Morgan fingerprint density at radius 3 is 2.73 bits per heavy atom. The number of amides is 1. The molecule has 0 unspecified atom stereocenters. The van der Waals surface area contributed by atoms with Crippen molar-refractivity contribution in [2.45, 2.75) is 68.2 Å². The van der Waals surface area contributed by atoms with Crippen LogP contribution >= 0.6 is 0 Å². The van der Waals surface area contributed by atoms with Gasteiger partial charge in [-0.05, 0) is 74.7 Å². The number of rotatable bonds is 5. The fourth-order valence-electron chi connectivity index (χ4n) is 7.61. The molecule has 8 nitrogen and oxygen atoms in total. The highest BCUT2D eigenvalue weighted by Gasteiger charge is 2.73. The second kappa shape index (κ2) is 9.49. The van der Waals surface area contributed by atoms with Crippen LogP contribution in [0.5, 0.6) is 17.2 Å². The summed E-state index contributed by atoms with van der Waals surface area (Å²) in [6, 6.07) is 8.49. The lowest BCUT2D eigenvalue weighted by atomic mass is 9.48. The first-order chi connectivity index (χ1) is 19.3. The summed E-state index contributed by atoms with van der Waals surface area (Å²) < 4.78 is 54.0. The Morgan fingerprint density at radius 1 is 1.22 bits per heavy atom. The van der Waals surface area contributed by atoms with Crippen LogP contribution in [-0.4, -0.2) is 77.6 Å². The van der Waals surface area contributed by atoms with E-state index in [1.54, 1.807) is 24.1 Å². The molecular formula is C30H31F3N2O6. The molecule has 1 N–H and O–H groups in total. The van der Waals surface area contributed by atoms with Crippen molar-refractivity contribution in [3.8, 4) is 17.2 Å². The minimum atomic E-state index is -4.82. The third-order valence-corrected chi connectivity index (χ3v) is 9.29. The molecule has 0 aromatic heterocycles. The molecule has 2 aliphatic carbocycles. The highest BCUT2D eigenvalue weighted by Crippen LogP contribution is 2.65. The van der Waals surface area contributed by atoms with Crippen molar-refractivity contribution in [2.75, 3.05) is 20.6 Å². The van der Waals surface area contributed by atoms with Gasteiger partial charge in [0.05, 0.1) is 17.1 Å². The van der Waals surface area contributed by atoms with Crippen molar-refractivity contribution in [1.82, 2.24) is 9.80 Å². The topological polar surface area (TPSA) is 88.5 Å². The van der Waals surface area contributed by atoms with Crippen LogP contribution in [-0.2, 0) is 21.4 Å². The summed E-state index contributed by atoms with van der Waals surface area (Å²) in [5.41, 5.74) is 0.377. The summed E-state index contributed by atoms with van der Waals surface area (Å²) in [4.78, 5) is 29.1. The molecule has 1 saturated heterocycles. The number of ether oxygens (including phenoxy) is 3. The summed E-state index contributed by atoms with van der Waals surface area (Å²) >= 11 is 0. The zero-order valence-electron chi connectivity index (χ0n) is 22.9. The molecule has 2 aliphatic heterocycles. The quantitative estimate of drug-likeness (QED) is 0.331. The van der Waals surface area contributed by atoms with Gasteiger partial charge in [-0.25, -0.2) is 0 Å². The van der Waals surface area contributed by atoms with E-state index in [1.807, 2.05) is 13.1 Å². The average Bonchev–Trinajstić information content (AvgIpc) is 3.25. The Labute approximate surface area is 235 Å². The van der Waals surface area contributed by atoms with Crippen molar-refractivity contribution < 1.29 is 42.1 Å². The summed E-state index contributed by atoms with van der Waals surface area (Å²) in [6.45, 7) is 2.05. The van der Waals surface area contributed by atoms with Gasteiger partial charge in [0.1, 0.15) is 11.9 Å². The second-order valence-electron chi connectivity index (χ2n) is 11.4. The highest BCUT2D eigenvalue weighted by atomic mass is 19.4. The van der Waals surface area contributed by atoms with E-state index in [9.17, 15) is 27.9 Å². The Morgan fingerprint density at radius 2 is 2.00 bits per heavy atom. The zero-order chi connectivity index (χ0) is 29.3. The molecule has 6 rings (SSSR count). The molecule has 1 saturated carbocycles. The molecule has 218 valence electrons. The van der Waals surface area contributed by atoms with Crippen LogP contribution in [0.3, 0.4) is 0 Å². The van der Waals surface area contributed by atoms with Crippen LogP contribution < -0.4 is 14.2 Å². The number of alkyl halides is 3. The van der Waals surface area contributed by atoms with Crippen molar-refractivity contribution in [1.29, 1.82) is 0 Å². The van der Waals surface area contributed by atoms with E-state index in [0.717, 1.165) is 17.7 Å². The molecule has 4 aliphatic rings. The summed E-state index contributed by atoms with van der Waals surface area (Å²) in [5, 5.41) is 12.4. The number of benzene rings is 2. The Kier molecular flexibility index (Phi) is 6.38. The van der Waals surface area contributed by atoms with Crippen LogP contribution in [0.1, 0.15) is 42.9 Å². The summed E-state index contributed by atoms with van der Waals surface area (Å²) in [5.74, 6) is -0.471. The standard InChI is InChI=1S/C30H31F3N2O6/c1-17(36)39-22-9-8-19-16-23-29(38)12-11-21(27-28(29,13-14-34(23)2)25(19)26(22)40-27)35(3)24(37)10-7-18-5-4-6-20(15-18)41-30(31,32)33/h4-10,15,21,23,27,38H,11-14,16H2,1-3H3/t21-,23-,27+,28+,29-/m1/s1. The molecule has 1 amide bonds. The molecule has 1 spiro atoms. The number of hydrogen-bond acceptors (Lipinski definition) is 7. The van der Waals surface area contributed by atoms with Crippen LogP contribution in [0.25, 0.3) is 6.08 Å². The molecule has 11 heteroatoms. The average molecular weight is 573 g/mol.